The predicted octanol–water partition coefficient (Wildman–Crippen LogP) is 2.64. The van der Waals surface area contributed by atoms with E-state index >= 15 is 0 Å². The number of nitrogens with one attached hydrogen (secondary N) is 1. The Labute approximate surface area is 167 Å². The van der Waals surface area contributed by atoms with Crippen LogP contribution in [0.2, 0.25) is 0 Å². The molecule has 2 amide bonds. The molecule has 0 spiro atoms. The molecular formula is C21H21N3O5. The van der Waals surface area contributed by atoms with Gasteiger partial charge in [0.05, 0.1) is 18.4 Å². The van der Waals surface area contributed by atoms with Crippen molar-refractivity contribution in [1.82, 2.24) is 4.57 Å². The van der Waals surface area contributed by atoms with Gasteiger partial charge in [-0.1, -0.05) is 0 Å². The quantitative estimate of drug-likeness (QED) is 0.597. The van der Waals surface area contributed by atoms with E-state index in [0.29, 0.717) is 23.4 Å². The van der Waals surface area contributed by atoms with Gasteiger partial charge in [-0.05, 0) is 56.3 Å². The van der Waals surface area contributed by atoms with Crippen LogP contribution in [0, 0.1) is 13.8 Å². The zero-order valence-corrected chi connectivity index (χ0v) is 16.1. The summed E-state index contributed by atoms with van der Waals surface area (Å²) >= 11 is 0. The van der Waals surface area contributed by atoms with E-state index in [4.69, 9.17) is 14.9 Å². The second-order valence-electron chi connectivity index (χ2n) is 6.52. The number of carbonyl (C=O) groups excluding carboxylic acids is 3. The summed E-state index contributed by atoms with van der Waals surface area (Å²) < 4.78 is 12.4. The fourth-order valence-corrected chi connectivity index (χ4v) is 2.93. The lowest BCUT2D eigenvalue weighted by molar-refractivity contribution is -0.119. The third-order valence-corrected chi connectivity index (χ3v) is 4.48. The number of ether oxygens (including phenoxy) is 1. The van der Waals surface area contributed by atoms with Crippen molar-refractivity contribution in [1.29, 1.82) is 0 Å². The summed E-state index contributed by atoms with van der Waals surface area (Å²) in [5.74, 6) is -0.854. The number of benzene rings is 1. The Morgan fingerprint density at radius 2 is 1.86 bits per heavy atom. The Bertz CT molecular complexity index is 1030. The average Bonchev–Trinajstić information content (AvgIpc) is 3.30. The Morgan fingerprint density at radius 3 is 2.48 bits per heavy atom. The lowest BCUT2D eigenvalue weighted by Gasteiger charge is -2.09. The van der Waals surface area contributed by atoms with Crippen LogP contribution in [-0.4, -0.2) is 29.0 Å². The summed E-state index contributed by atoms with van der Waals surface area (Å²) in [6, 6.07) is 11.5. The van der Waals surface area contributed by atoms with Gasteiger partial charge >= 0.3 is 5.97 Å². The topological polar surface area (TPSA) is 117 Å². The van der Waals surface area contributed by atoms with Gasteiger partial charge in [-0.2, -0.15) is 0 Å². The van der Waals surface area contributed by atoms with E-state index in [-0.39, 0.29) is 0 Å². The van der Waals surface area contributed by atoms with Crippen molar-refractivity contribution in [3.63, 3.8) is 0 Å². The van der Waals surface area contributed by atoms with E-state index < -0.39 is 24.4 Å². The average molecular weight is 395 g/mol. The standard InChI is InChI=1S/C21H21N3O5/c1-13-10-18(14(2)24(13)11-17-4-3-9-28-17)21(27)29-12-19(25)23-16-7-5-15(6-8-16)20(22)26/h3-10H,11-12H2,1-2H3,(H2,22,26)(H,23,25). The van der Waals surface area contributed by atoms with Crippen molar-refractivity contribution in [2.75, 3.05) is 11.9 Å². The monoisotopic (exact) mass is 395 g/mol. The van der Waals surface area contributed by atoms with Crippen LogP contribution in [0.25, 0.3) is 0 Å². The van der Waals surface area contributed by atoms with E-state index in [9.17, 15) is 14.4 Å². The minimum absolute atomic E-state index is 0.333. The molecular weight excluding hydrogens is 374 g/mol. The van der Waals surface area contributed by atoms with Crippen molar-refractivity contribution in [3.05, 3.63) is 77.0 Å². The molecule has 0 fully saturated rings. The zero-order valence-electron chi connectivity index (χ0n) is 16.1. The highest BCUT2D eigenvalue weighted by atomic mass is 16.5. The van der Waals surface area contributed by atoms with E-state index in [1.165, 1.54) is 12.1 Å². The highest BCUT2D eigenvalue weighted by molar-refractivity contribution is 5.97. The van der Waals surface area contributed by atoms with Crippen molar-refractivity contribution in [2.45, 2.75) is 20.4 Å². The number of aromatic nitrogens is 1. The van der Waals surface area contributed by atoms with Crippen LogP contribution in [0.1, 0.15) is 37.9 Å². The molecule has 0 radical (unpaired) electrons. The number of hydrogen-bond donors (Lipinski definition) is 2. The molecule has 0 atom stereocenters. The fourth-order valence-electron chi connectivity index (χ4n) is 2.93. The van der Waals surface area contributed by atoms with Gasteiger partial charge in [0.2, 0.25) is 5.91 Å². The van der Waals surface area contributed by atoms with Crippen molar-refractivity contribution < 1.29 is 23.5 Å². The van der Waals surface area contributed by atoms with Crippen LogP contribution < -0.4 is 11.1 Å². The molecule has 3 rings (SSSR count). The summed E-state index contributed by atoms with van der Waals surface area (Å²) in [4.78, 5) is 35.5. The molecule has 0 aliphatic heterocycles. The number of aryl methyl sites for hydroxylation is 1. The van der Waals surface area contributed by atoms with Crippen LogP contribution in [0.5, 0.6) is 0 Å². The minimum atomic E-state index is -0.581. The van der Waals surface area contributed by atoms with Crippen molar-refractivity contribution >= 4 is 23.5 Å². The molecule has 3 N–H and O–H groups in total. The zero-order chi connectivity index (χ0) is 21.0. The Hall–Kier alpha value is -3.81. The molecule has 3 aromatic rings. The van der Waals surface area contributed by atoms with Crippen LogP contribution in [-0.2, 0) is 16.1 Å². The predicted molar refractivity (Wildman–Crippen MR) is 106 cm³/mol. The number of anilines is 1. The van der Waals surface area contributed by atoms with Gasteiger partial charge in [-0.3, -0.25) is 9.59 Å². The van der Waals surface area contributed by atoms with Gasteiger partial charge < -0.3 is 24.8 Å². The van der Waals surface area contributed by atoms with Crippen LogP contribution in [0.3, 0.4) is 0 Å². The van der Waals surface area contributed by atoms with Crippen molar-refractivity contribution in [2.24, 2.45) is 5.73 Å². The molecule has 150 valence electrons. The number of nitrogens with two attached hydrogens (primary N) is 1. The number of furan rings is 1. The molecule has 29 heavy (non-hydrogen) atoms. The van der Waals surface area contributed by atoms with Gasteiger partial charge in [-0.15, -0.1) is 0 Å². The third kappa shape index (κ3) is 4.73. The number of nitrogens with zero attached hydrogens (tertiary/aromatic N) is 1. The number of esters is 1. The molecule has 0 saturated carbocycles. The second-order valence-corrected chi connectivity index (χ2v) is 6.52. The lowest BCUT2D eigenvalue weighted by atomic mass is 10.2. The molecule has 0 saturated heterocycles. The smallest absolute Gasteiger partial charge is 0.340 e. The van der Waals surface area contributed by atoms with E-state index in [2.05, 4.69) is 5.32 Å². The number of rotatable bonds is 7. The maximum atomic E-state index is 12.4. The maximum absolute atomic E-state index is 12.4. The van der Waals surface area contributed by atoms with Gasteiger partial charge in [0.25, 0.3) is 5.91 Å². The van der Waals surface area contributed by atoms with Gasteiger partial charge in [0.15, 0.2) is 6.61 Å². The summed E-state index contributed by atoms with van der Waals surface area (Å²) in [6.45, 7) is 3.76. The molecule has 1 aromatic carbocycles. The second kappa shape index (κ2) is 8.47. The summed E-state index contributed by atoms with van der Waals surface area (Å²) in [6.07, 6.45) is 1.60. The summed E-state index contributed by atoms with van der Waals surface area (Å²) in [5, 5.41) is 2.59. The highest BCUT2D eigenvalue weighted by Crippen LogP contribution is 2.18. The van der Waals surface area contributed by atoms with E-state index in [1.807, 2.05) is 24.5 Å². The first-order valence-corrected chi connectivity index (χ1v) is 8.91. The Kier molecular flexibility index (Phi) is 5.82. The molecule has 8 heteroatoms. The molecule has 0 bridgehead atoms. The maximum Gasteiger partial charge on any atom is 0.340 e. The van der Waals surface area contributed by atoms with Crippen molar-refractivity contribution in [3.8, 4) is 0 Å². The van der Waals surface area contributed by atoms with Crippen LogP contribution in [0.4, 0.5) is 5.69 Å². The first-order chi connectivity index (χ1) is 13.8. The van der Waals surface area contributed by atoms with E-state index in [0.717, 1.165) is 17.1 Å². The third-order valence-electron chi connectivity index (χ3n) is 4.48. The largest absolute Gasteiger partial charge is 0.467 e. The normalized spacial score (nSPS) is 10.6. The molecule has 0 unspecified atom stereocenters. The number of hydrogen-bond acceptors (Lipinski definition) is 5. The molecule has 2 heterocycles. The summed E-state index contributed by atoms with van der Waals surface area (Å²) in [7, 11) is 0. The first kappa shape index (κ1) is 19.9. The van der Waals surface area contributed by atoms with Crippen LogP contribution >= 0.6 is 0 Å². The van der Waals surface area contributed by atoms with Crippen LogP contribution in [0.15, 0.2) is 53.1 Å². The van der Waals surface area contributed by atoms with Gasteiger partial charge in [0.1, 0.15) is 5.76 Å². The first-order valence-electron chi connectivity index (χ1n) is 8.91. The van der Waals surface area contributed by atoms with Gasteiger partial charge in [0, 0.05) is 22.6 Å². The van der Waals surface area contributed by atoms with Gasteiger partial charge in [-0.25, -0.2) is 4.79 Å². The molecule has 8 nitrogen and oxygen atoms in total. The lowest BCUT2D eigenvalue weighted by Crippen LogP contribution is -2.21. The highest BCUT2D eigenvalue weighted by Gasteiger charge is 2.18. The minimum Gasteiger partial charge on any atom is -0.467 e. The number of amides is 2. The fraction of sp³-hybridized carbons (Fsp3) is 0.190. The molecule has 0 aliphatic rings. The number of carbonyl (C=O) groups is 3. The SMILES string of the molecule is Cc1cc(C(=O)OCC(=O)Nc2ccc(C(N)=O)cc2)c(C)n1Cc1ccco1. The molecule has 0 aliphatic carbocycles. The Morgan fingerprint density at radius 1 is 1.14 bits per heavy atom. The number of primary amides is 1. The Balaban J connectivity index is 1.59. The summed E-state index contributed by atoms with van der Waals surface area (Å²) in [5.41, 5.74) is 7.97. The van der Waals surface area contributed by atoms with E-state index in [1.54, 1.807) is 30.5 Å². The molecule has 2 aromatic heterocycles.